The zero-order chi connectivity index (χ0) is 47.6. The number of hydrogen-bond donors (Lipinski definition) is 0. The fraction of sp³-hybridized carbons (Fsp3) is 0. The van der Waals surface area contributed by atoms with Gasteiger partial charge in [-0.3, -0.25) is 0 Å². The minimum atomic E-state index is -0.290. The van der Waals surface area contributed by atoms with E-state index in [1.165, 1.54) is 22.9 Å². The Balaban J connectivity index is 1.09. The Hall–Kier alpha value is -9.52. The van der Waals surface area contributed by atoms with Crippen molar-refractivity contribution in [1.82, 2.24) is 8.80 Å². The minimum Gasteiger partial charge on any atom is -0.308 e. The molecule has 6 heteroatoms. The van der Waals surface area contributed by atoms with E-state index in [2.05, 4.69) is 142 Å². The first-order valence-electron chi connectivity index (χ1n) is 24.3. The lowest BCUT2D eigenvalue weighted by Gasteiger charge is -2.26. The number of rotatable bonds is 8. The molecule has 0 atom stereocenters. The Morgan fingerprint density at radius 3 is 1.04 bits per heavy atom. The summed E-state index contributed by atoms with van der Waals surface area (Å²) in [5.74, 6) is -0.581. The van der Waals surface area contributed by atoms with Gasteiger partial charge in [0.2, 0.25) is 0 Å². The number of halogens is 2. The van der Waals surface area contributed by atoms with Crippen molar-refractivity contribution < 1.29 is 8.78 Å². The van der Waals surface area contributed by atoms with Crippen molar-refractivity contribution in [3.05, 3.63) is 254 Å². The minimum absolute atomic E-state index is 0.290. The van der Waals surface area contributed by atoms with E-state index in [0.29, 0.717) is 11.4 Å². The van der Waals surface area contributed by atoms with Gasteiger partial charge in [0.05, 0.1) is 44.5 Å². The van der Waals surface area contributed by atoms with Crippen LogP contribution in [0.2, 0.25) is 0 Å². The molecule has 15 rings (SSSR count). The molecular weight excluding hydrogens is 887 g/mol. The zero-order valence-corrected chi connectivity index (χ0v) is 38.6. The van der Waals surface area contributed by atoms with Gasteiger partial charge in [0.1, 0.15) is 11.6 Å². The second-order valence-electron chi connectivity index (χ2n) is 18.7. The average Bonchev–Trinajstić information content (AvgIpc) is 4.17. The number of hydrogen-bond acceptors (Lipinski definition) is 2. The standard InChI is InChI=1S/C66H40F2N4/c67-53-31-13-15-33-57(53)69(43-23-9-3-10-24-43)45-35-37-55-51(39-45)48-28-18-30-50-62-60(42-21-7-2-8-22-42)66-61(59(41-19-5-1-6-20-41)65(62)71(55)64(48)50)49-29-17-27-47-52-40-46(36-38-56(52)72(66)63(47)49)70(44-25-11-4-12-26-44)58-34-16-14-32-54(58)68/h1-40H. The number of nitrogens with zero attached hydrogens (tertiary/aromatic N) is 4. The third-order valence-corrected chi connectivity index (χ3v) is 14.8. The molecule has 0 saturated heterocycles. The van der Waals surface area contributed by atoms with Crippen molar-refractivity contribution in [1.29, 1.82) is 0 Å². The monoisotopic (exact) mass is 926 g/mol. The fourth-order valence-electron chi connectivity index (χ4n) is 12.0. The predicted octanol–water partition coefficient (Wildman–Crippen LogP) is 18.5. The molecule has 15 aromatic rings. The maximum Gasteiger partial charge on any atom is 0.147 e. The van der Waals surface area contributed by atoms with Gasteiger partial charge < -0.3 is 18.6 Å². The van der Waals surface area contributed by atoms with Crippen LogP contribution in [0.4, 0.5) is 42.9 Å². The summed E-state index contributed by atoms with van der Waals surface area (Å²) < 4.78 is 36.8. The summed E-state index contributed by atoms with van der Waals surface area (Å²) in [5, 5.41) is 9.09. The van der Waals surface area contributed by atoms with E-state index < -0.39 is 0 Å². The molecule has 4 heterocycles. The van der Waals surface area contributed by atoms with Crippen LogP contribution in [-0.2, 0) is 0 Å². The van der Waals surface area contributed by atoms with Crippen molar-refractivity contribution in [3.8, 4) is 22.3 Å². The van der Waals surface area contributed by atoms with E-state index in [0.717, 1.165) is 110 Å². The van der Waals surface area contributed by atoms with Crippen LogP contribution in [-0.4, -0.2) is 8.80 Å². The Morgan fingerprint density at radius 1 is 0.278 bits per heavy atom. The van der Waals surface area contributed by atoms with Gasteiger partial charge in [-0.05, 0) is 96.1 Å². The number of para-hydroxylation sites is 6. The van der Waals surface area contributed by atoms with E-state index in [4.69, 9.17) is 0 Å². The molecule has 0 N–H and O–H groups in total. The lowest BCUT2D eigenvalue weighted by atomic mass is 9.89. The van der Waals surface area contributed by atoms with E-state index in [1.807, 2.05) is 94.7 Å². The summed E-state index contributed by atoms with van der Waals surface area (Å²) in [4.78, 5) is 4.03. The molecule has 72 heavy (non-hydrogen) atoms. The number of fused-ring (bicyclic) bond motifs is 12. The van der Waals surface area contributed by atoms with Crippen molar-refractivity contribution in [2.45, 2.75) is 0 Å². The SMILES string of the molecule is Fc1ccccc1N(c1ccccc1)c1ccc2c(c1)c1cccc3c4c(-c5ccccc5)c5c(c(-c6ccccc6)c4n2c13)c1cccc2c3cc(N(c4ccccc4)c4ccccc4F)ccc3n5c21. The Labute approximate surface area is 412 Å². The van der Waals surface area contributed by atoms with E-state index in [9.17, 15) is 0 Å². The molecular formula is C66H40F2N4. The molecule has 0 amide bonds. The first kappa shape index (κ1) is 40.4. The van der Waals surface area contributed by atoms with Crippen LogP contribution >= 0.6 is 0 Å². The summed E-state index contributed by atoms with van der Waals surface area (Å²) in [6.45, 7) is 0. The number of anilines is 6. The van der Waals surface area contributed by atoms with E-state index in [1.54, 1.807) is 12.1 Å². The van der Waals surface area contributed by atoms with Gasteiger partial charge in [0.25, 0.3) is 0 Å². The highest BCUT2D eigenvalue weighted by molar-refractivity contribution is 6.38. The van der Waals surface area contributed by atoms with Crippen molar-refractivity contribution >= 4 is 110 Å². The highest BCUT2D eigenvalue weighted by Gasteiger charge is 2.31. The lowest BCUT2D eigenvalue weighted by Crippen LogP contribution is -2.11. The van der Waals surface area contributed by atoms with E-state index in [-0.39, 0.29) is 11.6 Å². The van der Waals surface area contributed by atoms with Crippen molar-refractivity contribution in [2.75, 3.05) is 9.80 Å². The number of benzene rings is 11. The Morgan fingerprint density at radius 2 is 0.639 bits per heavy atom. The molecule has 0 saturated carbocycles. The average molecular weight is 927 g/mol. The fourth-order valence-corrected chi connectivity index (χ4v) is 12.0. The Kier molecular flexibility index (Phi) is 8.69. The maximum absolute atomic E-state index is 15.9. The summed E-state index contributed by atoms with van der Waals surface area (Å²) in [6.07, 6.45) is 0. The highest BCUT2D eigenvalue weighted by Crippen LogP contribution is 2.55. The van der Waals surface area contributed by atoms with Gasteiger partial charge >= 0.3 is 0 Å². The molecule has 0 unspecified atom stereocenters. The quantitative estimate of drug-likeness (QED) is 0.151. The predicted molar refractivity (Wildman–Crippen MR) is 296 cm³/mol. The third-order valence-electron chi connectivity index (χ3n) is 14.8. The molecule has 4 aromatic heterocycles. The molecule has 0 aliphatic heterocycles. The highest BCUT2D eigenvalue weighted by atomic mass is 19.1. The third kappa shape index (κ3) is 5.66. The van der Waals surface area contributed by atoms with Crippen LogP contribution in [0.5, 0.6) is 0 Å². The van der Waals surface area contributed by atoms with Gasteiger partial charge in [-0.2, -0.15) is 0 Å². The maximum atomic E-state index is 15.9. The first-order valence-corrected chi connectivity index (χ1v) is 24.3. The van der Waals surface area contributed by atoms with Gasteiger partial charge in [0, 0.05) is 77.0 Å². The van der Waals surface area contributed by atoms with Gasteiger partial charge in [-0.25, -0.2) is 8.78 Å². The molecule has 0 bridgehead atoms. The second kappa shape index (κ2) is 15.5. The van der Waals surface area contributed by atoms with Gasteiger partial charge in [-0.15, -0.1) is 0 Å². The molecule has 0 spiro atoms. The first-order chi connectivity index (χ1) is 35.6. The molecule has 4 nitrogen and oxygen atoms in total. The molecule has 0 aliphatic rings. The molecule has 0 aliphatic carbocycles. The number of aromatic nitrogens is 2. The second-order valence-corrected chi connectivity index (χ2v) is 18.7. The lowest BCUT2D eigenvalue weighted by molar-refractivity contribution is 0.628. The van der Waals surface area contributed by atoms with Crippen LogP contribution in [0, 0.1) is 11.6 Å². The molecule has 0 fully saturated rings. The summed E-state index contributed by atoms with van der Waals surface area (Å²) in [5.41, 5.74) is 15.7. The van der Waals surface area contributed by atoms with E-state index >= 15 is 8.78 Å². The normalized spacial score (nSPS) is 12.0. The molecule has 338 valence electrons. The molecule has 0 radical (unpaired) electrons. The van der Waals surface area contributed by atoms with Crippen molar-refractivity contribution in [2.24, 2.45) is 0 Å². The topological polar surface area (TPSA) is 15.3 Å². The van der Waals surface area contributed by atoms with Gasteiger partial charge in [-0.1, -0.05) is 158 Å². The van der Waals surface area contributed by atoms with Crippen LogP contribution in [0.3, 0.4) is 0 Å². The summed E-state index contributed by atoms with van der Waals surface area (Å²) in [6, 6.07) is 82.3. The summed E-state index contributed by atoms with van der Waals surface area (Å²) in [7, 11) is 0. The van der Waals surface area contributed by atoms with Crippen LogP contribution in [0.1, 0.15) is 0 Å². The summed E-state index contributed by atoms with van der Waals surface area (Å²) >= 11 is 0. The Bertz CT molecular complexity index is 4290. The zero-order valence-electron chi connectivity index (χ0n) is 38.6. The van der Waals surface area contributed by atoms with Crippen molar-refractivity contribution in [3.63, 3.8) is 0 Å². The van der Waals surface area contributed by atoms with Crippen LogP contribution < -0.4 is 9.80 Å². The molecule has 11 aromatic carbocycles. The van der Waals surface area contributed by atoms with Crippen LogP contribution in [0.25, 0.3) is 98.4 Å². The smallest absolute Gasteiger partial charge is 0.147 e. The van der Waals surface area contributed by atoms with Gasteiger partial charge in [0.15, 0.2) is 0 Å². The largest absolute Gasteiger partial charge is 0.308 e. The van der Waals surface area contributed by atoms with Crippen LogP contribution in [0.15, 0.2) is 243 Å².